The van der Waals surface area contributed by atoms with Crippen LogP contribution in [0.4, 0.5) is 0 Å². The van der Waals surface area contributed by atoms with Crippen molar-refractivity contribution >= 4 is 27.0 Å². The highest BCUT2D eigenvalue weighted by atomic mass is 79.9. The number of rotatable bonds is 2. The summed E-state index contributed by atoms with van der Waals surface area (Å²) >= 11 is 3.79. The Morgan fingerprint density at radius 3 is 2.24 bits per heavy atom. The van der Waals surface area contributed by atoms with Crippen LogP contribution in [-0.2, 0) is 0 Å². The third-order valence-corrected chi connectivity index (χ3v) is 9.25. The fourth-order valence-corrected chi connectivity index (χ4v) is 8.62. The number of fused-ring (bicyclic) bond motifs is 5. The minimum Gasteiger partial charge on any atom is -0.315 e. The summed E-state index contributed by atoms with van der Waals surface area (Å²) in [6.07, 6.45) is 14.3. The van der Waals surface area contributed by atoms with Crippen molar-refractivity contribution < 1.29 is 0 Å². The largest absolute Gasteiger partial charge is 0.315 e. The standard InChI is InChI=1S/C25H34BrN3/c1-16-9-17-11-18(10-16)13-21(12-17)28-19-5-4-6-20(28)15-22(14-19)29-24-8-3-2-7-23(24)27-25(29)26/h2-3,7-8,16-22H,4-6,9-15H2,1H3/t16-,17-,18+,19-,20+,21-,22-. The van der Waals surface area contributed by atoms with Gasteiger partial charge in [-0.15, -0.1) is 0 Å². The number of imidazole rings is 1. The smallest absolute Gasteiger partial charge is 0.178 e. The molecular weight excluding hydrogens is 422 g/mol. The zero-order valence-corrected chi connectivity index (χ0v) is 19.2. The number of hydrogen-bond acceptors (Lipinski definition) is 2. The molecule has 2 aromatic rings. The van der Waals surface area contributed by atoms with Gasteiger partial charge in [-0.2, -0.15) is 0 Å². The molecule has 2 aliphatic heterocycles. The number of hydrogen-bond donors (Lipinski definition) is 0. The second kappa shape index (κ2) is 7.37. The Bertz CT molecular complexity index is 859. The molecule has 6 rings (SSSR count). The van der Waals surface area contributed by atoms with Crippen LogP contribution in [0.2, 0.25) is 0 Å². The van der Waals surface area contributed by atoms with E-state index < -0.39 is 0 Å². The quantitative estimate of drug-likeness (QED) is 0.510. The lowest BCUT2D eigenvalue weighted by molar-refractivity contribution is -0.0523. The van der Waals surface area contributed by atoms with Crippen molar-refractivity contribution in [1.82, 2.24) is 14.5 Å². The lowest BCUT2D eigenvalue weighted by Gasteiger charge is -2.55. The van der Waals surface area contributed by atoms with Crippen molar-refractivity contribution in [2.75, 3.05) is 0 Å². The van der Waals surface area contributed by atoms with Gasteiger partial charge in [0.1, 0.15) is 0 Å². The topological polar surface area (TPSA) is 21.1 Å². The van der Waals surface area contributed by atoms with Gasteiger partial charge in [0.15, 0.2) is 4.73 Å². The lowest BCUT2D eigenvalue weighted by atomic mass is 9.65. The van der Waals surface area contributed by atoms with Gasteiger partial charge < -0.3 is 4.57 Å². The summed E-state index contributed by atoms with van der Waals surface area (Å²) in [7, 11) is 0. The Morgan fingerprint density at radius 2 is 1.52 bits per heavy atom. The zero-order valence-electron chi connectivity index (χ0n) is 17.6. The highest BCUT2D eigenvalue weighted by molar-refractivity contribution is 9.10. The molecule has 4 bridgehead atoms. The van der Waals surface area contributed by atoms with Gasteiger partial charge in [-0.3, -0.25) is 4.90 Å². The van der Waals surface area contributed by atoms with E-state index >= 15 is 0 Å². The first kappa shape index (κ1) is 18.9. The van der Waals surface area contributed by atoms with Gasteiger partial charge >= 0.3 is 0 Å². The minimum absolute atomic E-state index is 0.589. The van der Waals surface area contributed by atoms with E-state index in [0.29, 0.717) is 6.04 Å². The molecule has 2 saturated carbocycles. The third-order valence-electron chi connectivity index (χ3n) is 8.69. The number of piperidine rings is 2. The lowest BCUT2D eigenvalue weighted by Crippen LogP contribution is -2.58. The molecule has 2 aliphatic carbocycles. The molecule has 156 valence electrons. The Balaban J connectivity index is 1.26. The Hall–Kier alpha value is -0.870. The number of halogens is 1. The van der Waals surface area contributed by atoms with Crippen LogP contribution in [0.15, 0.2) is 29.0 Å². The number of aromatic nitrogens is 2. The molecule has 0 radical (unpaired) electrons. The Morgan fingerprint density at radius 1 is 0.828 bits per heavy atom. The van der Waals surface area contributed by atoms with Gasteiger partial charge in [0.2, 0.25) is 0 Å². The minimum atomic E-state index is 0.589. The number of benzene rings is 1. The predicted molar refractivity (Wildman–Crippen MR) is 122 cm³/mol. The molecule has 7 atom stereocenters. The van der Waals surface area contributed by atoms with Gasteiger partial charge in [-0.25, -0.2) is 4.98 Å². The van der Waals surface area contributed by atoms with Crippen molar-refractivity contribution in [2.45, 2.75) is 95.3 Å². The van der Waals surface area contributed by atoms with E-state index in [2.05, 4.69) is 56.6 Å². The molecule has 1 aromatic carbocycles. The van der Waals surface area contributed by atoms with Gasteiger partial charge in [0.25, 0.3) is 0 Å². The van der Waals surface area contributed by atoms with Crippen LogP contribution >= 0.6 is 15.9 Å². The molecule has 3 nitrogen and oxygen atoms in total. The molecule has 0 amide bonds. The molecule has 0 spiro atoms. The molecule has 4 fully saturated rings. The van der Waals surface area contributed by atoms with Crippen LogP contribution in [0.3, 0.4) is 0 Å². The molecular formula is C25H34BrN3. The first-order chi connectivity index (χ1) is 14.2. The SMILES string of the molecule is C[C@@H]1C[C@@H]2C[C@H](C1)C[C@H](N1[C@@H]3CCC[C@H]1C[C@H](n1c(Br)nc4ccccc41)C3)C2. The summed E-state index contributed by atoms with van der Waals surface area (Å²) < 4.78 is 3.53. The molecule has 2 saturated heterocycles. The van der Waals surface area contributed by atoms with E-state index in [-0.39, 0.29) is 0 Å². The maximum Gasteiger partial charge on any atom is 0.178 e. The highest BCUT2D eigenvalue weighted by Crippen LogP contribution is 2.49. The van der Waals surface area contributed by atoms with Crippen molar-refractivity contribution in [3.8, 4) is 0 Å². The summed E-state index contributed by atoms with van der Waals surface area (Å²) in [6.45, 7) is 2.49. The average molecular weight is 456 g/mol. The van der Waals surface area contributed by atoms with E-state index in [1.807, 2.05) is 0 Å². The summed E-state index contributed by atoms with van der Waals surface area (Å²) in [5.74, 6) is 2.98. The van der Waals surface area contributed by atoms with Crippen LogP contribution in [0.5, 0.6) is 0 Å². The Kier molecular flexibility index (Phi) is 4.79. The highest BCUT2D eigenvalue weighted by Gasteiger charge is 2.46. The zero-order chi connectivity index (χ0) is 19.5. The van der Waals surface area contributed by atoms with Crippen molar-refractivity contribution in [3.63, 3.8) is 0 Å². The normalized spacial score (nSPS) is 40.3. The van der Waals surface area contributed by atoms with Crippen molar-refractivity contribution in [3.05, 3.63) is 29.0 Å². The van der Waals surface area contributed by atoms with E-state index in [1.165, 1.54) is 69.7 Å². The molecule has 4 heteroatoms. The fourth-order valence-electron chi connectivity index (χ4n) is 7.95. The number of para-hydroxylation sites is 2. The Labute approximate surface area is 183 Å². The van der Waals surface area contributed by atoms with Gasteiger partial charge in [-0.05, 0) is 104 Å². The van der Waals surface area contributed by atoms with E-state index in [9.17, 15) is 0 Å². The van der Waals surface area contributed by atoms with Crippen molar-refractivity contribution in [2.24, 2.45) is 17.8 Å². The summed E-state index contributed by atoms with van der Waals surface area (Å²) in [6, 6.07) is 11.7. The molecule has 0 N–H and O–H groups in total. The maximum atomic E-state index is 4.80. The average Bonchev–Trinajstić information content (AvgIpc) is 3.01. The van der Waals surface area contributed by atoms with Crippen LogP contribution < -0.4 is 0 Å². The van der Waals surface area contributed by atoms with E-state index in [1.54, 1.807) is 0 Å². The van der Waals surface area contributed by atoms with Crippen LogP contribution in [0.1, 0.15) is 77.2 Å². The molecule has 0 unspecified atom stereocenters. The molecule has 4 aliphatic rings. The van der Waals surface area contributed by atoms with E-state index in [0.717, 1.165) is 46.1 Å². The second-order valence-corrected chi connectivity index (χ2v) is 11.4. The number of nitrogens with zero attached hydrogens (tertiary/aromatic N) is 3. The molecule has 3 heterocycles. The molecule has 29 heavy (non-hydrogen) atoms. The summed E-state index contributed by atoms with van der Waals surface area (Å²) in [5.41, 5.74) is 2.43. The third kappa shape index (κ3) is 3.29. The van der Waals surface area contributed by atoms with Crippen molar-refractivity contribution in [1.29, 1.82) is 0 Å². The van der Waals surface area contributed by atoms with Gasteiger partial charge in [0, 0.05) is 24.2 Å². The second-order valence-electron chi connectivity index (χ2n) is 10.7. The molecule has 1 aromatic heterocycles. The monoisotopic (exact) mass is 455 g/mol. The van der Waals surface area contributed by atoms with Crippen LogP contribution in [0, 0.1) is 17.8 Å². The fraction of sp³-hybridized carbons (Fsp3) is 0.720. The van der Waals surface area contributed by atoms with Gasteiger partial charge in [0.05, 0.1) is 11.0 Å². The van der Waals surface area contributed by atoms with Crippen LogP contribution in [0.25, 0.3) is 11.0 Å². The first-order valence-electron chi connectivity index (χ1n) is 12.1. The maximum absolute atomic E-state index is 4.80. The van der Waals surface area contributed by atoms with Crippen LogP contribution in [-0.4, -0.2) is 32.6 Å². The van der Waals surface area contributed by atoms with E-state index in [4.69, 9.17) is 4.98 Å². The predicted octanol–water partition coefficient (Wildman–Crippen LogP) is 6.57. The van der Waals surface area contributed by atoms with Gasteiger partial charge in [-0.1, -0.05) is 25.5 Å². The first-order valence-corrected chi connectivity index (χ1v) is 12.8. The summed E-state index contributed by atoms with van der Waals surface area (Å²) in [5, 5.41) is 0. The summed E-state index contributed by atoms with van der Waals surface area (Å²) in [4.78, 5) is 7.86.